The molecular formula is C25H26N2O3. The Kier molecular flexibility index (Phi) is 6.28. The van der Waals surface area contributed by atoms with Crippen molar-refractivity contribution in [1.82, 2.24) is 10.2 Å². The zero-order valence-corrected chi connectivity index (χ0v) is 16.9. The lowest BCUT2D eigenvalue weighted by Gasteiger charge is -2.32. The number of amides is 2. The standard InChI is InChI=1S/C25H26N2O3/c28-24(23(20-7-3-1-4-8-20)21-9-5-2-6-10-21)26-17-19-11-14-27(15-12-19)25(29)22-13-16-30-18-22/h1-10,13,16,18-19,23H,11-12,14-15,17H2,(H,26,28). The van der Waals surface area contributed by atoms with Crippen LogP contribution in [0.15, 0.2) is 83.7 Å². The van der Waals surface area contributed by atoms with Crippen LogP contribution in [0.3, 0.4) is 0 Å². The maximum Gasteiger partial charge on any atom is 0.257 e. The van der Waals surface area contributed by atoms with Gasteiger partial charge in [0.1, 0.15) is 6.26 Å². The van der Waals surface area contributed by atoms with Crippen molar-refractivity contribution in [2.24, 2.45) is 5.92 Å². The van der Waals surface area contributed by atoms with E-state index in [1.807, 2.05) is 65.6 Å². The molecule has 0 unspecified atom stereocenters. The highest BCUT2D eigenvalue weighted by Crippen LogP contribution is 2.25. The second-order valence-corrected chi connectivity index (χ2v) is 7.75. The van der Waals surface area contributed by atoms with Gasteiger partial charge in [0.15, 0.2) is 0 Å². The molecule has 2 heterocycles. The number of hydrogen-bond donors (Lipinski definition) is 1. The quantitative estimate of drug-likeness (QED) is 0.676. The first-order valence-electron chi connectivity index (χ1n) is 10.4. The van der Waals surface area contributed by atoms with Gasteiger partial charge in [-0.25, -0.2) is 0 Å². The monoisotopic (exact) mass is 402 g/mol. The minimum atomic E-state index is -0.324. The molecule has 3 aromatic rings. The van der Waals surface area contributed by atoms with Gasteiger partial charge >= 0.3 is 0 Å². The van der Waals surface area contributed by atoms with Gasteiger partial charge in [-0.15, -0.1) is 0 Å². The van der Waals surface area contributed by atoms with Gasteiger partial charge in [-0.1, -0.05) is 60.7 Å². The Morgan fingerprint density at radius 3 is 2.07 bits per heavy atom. The Morgan fingerprint density at radius 2 is 1.53 bits per heavy atom. The van der Waals surface area contributed by atoms with Crippen LogP contribution < -0.4 is 5.32 Å². The summed E-state index contributed by atoms with van der Waals surface area (Å²) >= 11 is 0. The number of piperidine rings is 1. The van der Waals surface area contributed by atoms with Crippen LogP contribution in [0.4, 0.5) is 0 Å². The highest BCUT2D eigenvalue weighted by Gasteiger charge is 2.26. The third kappa shape index (κ3) is 4.62. The van der Waals surface area contributed by atoms with Gasteiger partial charge < -0.3 is 14.6 Å². The molecule has 0 aliphatic carbocycles. The summed E-state index contributed by atoms with van der Waals surface area (Å²) in [5.41, 5.74) is 2.57. The number of nitrogens with zero attached hydrogens (tertiary/aromatic N) is 1. The van der Waals surface area contributed by atoms with Crippen LogP contribution in [0, 0.1) is 5.92 Å². The molecule has 0 atom stereocenters. The second kappa shape index (κ2) is 9.44. The van der Waals surface area contributed by atoms with Crippen LogP contribution in [0.2, 0.25) is 0 Å². The molecule has 1 fully saturated rings. The molecule has 1 aromatic heterocycles. The SMILES string of the molecule is O=C(NCC1CCN(C(=O)c2ccoc2)CC1)C(c1ccccc1)c1ccccc1. The summed E-state index contributed by atoms with van der Waals surface area (Å²) in [5, 5.41) is 3.16. The number of likely N-dealkylation sites (tertiary alicyclic amines) is 1. The molecule has 2 amide bonds. The maximum atomic E-state index is 13.1. The first-order chi connectivity index (χ1) is 14.7. The third-order valence-corrected chi connectivity index (χ3v) is 5.76. The summed E-state index contributed by atoms with van der Waals surface area (Å²) < 4.78 is 5.01. The normalized spacial score (nSPS) is 14.6. The van der Waals surface area contributed by atoms with E-state index in [1.165, 1.54) is 12.5 Å². The Hall–Kier alpha value is -3.34. The fraction of sp³-hybridized carbons (Fsp3) is 0.280. The summed E-state index contributed by atoms with van der Waals surface area (Å²) in [6.07, 6.45) is 4.77. The molecule has 1 aliphatic heterocycles. The zero-order chi connectivity index (χ0) is 20.8. The van der Waals surface area contributed by atoms with Crippen LogP contribution in [-0.4, -0.2) is 36.3 Å². The van der Waals surface area contributed by atoms with E-state index in [9.17, 15) is 9.59 Å². The van der Waals surface area contributed by atoms with Gasteiger partial charge in [0.2, 0.25) is 5.91 Å². The van der Waals surface area contributed by atoms with E-state index in [1.54, 1.807) is 6.07 Å². The predicted molar refractivity (Wildman–Crippen MR) is 115 cm³/mol. The van der Waals surface area contributed by atoms with Crippen molar-refractivity contribution in [2.45, 2.75) is 18.8 Å². The van der Waals surface area contributed by atoms with E-state index >= 15 is 0 Å². The van der Waals surface area contributed by atoms with Crippen molar-refractivity contribution in [1.29, 1.82) is 0 Å². The molecule has 0 radical (unpaired) electrons. The lowest BCUT2D eigenvalue weighted by Crippen LogP contribution is -2.42. The number of furan rings is 1. The molecule has 0 saturated carbocycles. The molecule has 5 nitrogen and oxygen atoms in total. The van der Waals surface area contributed by atoms with E-state index in [2.05, 4.69) is 5.32 Å². The molecule has 0 spiro atoms. The molecule has 5 heteroatoms. The number of carbonyl (C=O) groups is 2. The Labute approximate surface area is 176 Å². The largest absolute Gasteiger partial charge is 0.472 e. The molecular weight excluding hydrogens is 376 g/mol. The van der Waals surface area contributed by atoms with Gasteiger partial charge in [0, 0.05) is 19.6 Å². The molecule has 4 rings (SSSR count). The third-order valence-electron chi connectivity index (χ3n) is 5.76. The van der Waals surface area contributed by atoms with Crippen LogP contribution in [0.1, 0.15) is 40.2 Å². The molecule has 0 bridgehead atoms. The smallest absolute Gasteiger partial charge is 0.257 e. The maximum absolute atomic E-state index is 13.1. The fourth-order valence-corrected chi connectivity index (χ4v) is 4.04. The van der Waals surface area contributed by atoms with Crippen LogP contribution in [-0.2, 0) is 4.79 Å². The number of rotatable bonds is 6. The summed E-state index contributed by atoms with van der Waals surface area (Å²) in [4.78, 5) is 27.4. The van der Waals surface area contributed by atoms with E-state index in [4.69, 9.17) is 4.42 Å². The van der Waals surface area contributed by atoms with Crippen molar-refractivity contribution >= 4 is 11.8 Å². The molecule has 1 aliphatic rings. The van der Waals surface area contributed by atoms with Crippen molar-refractivity contribution in [3.05, 3.63) is 95.9 Å². The van der Waals surface area contributed by atoms with Crippen molar-refractivity contribution in [2.75, 3.05) is 19.6 Å². The zero-order valence-electron chi connectivity index (χ0n) is 16.9. The van der Waals surface area contributed by atoms with Crippen molar-refractivity contribution in [3.8, 4) is 0 Å². The van der Waals surface area contributed by atoms with Gasteiger partial charge in [-0.05, 0) is 36.0 Å². The minimum absolute atomic E-state index is 0.0134. The average molecular weight is 402 g/mol. The lowest BCUT2D eigenvalue weighted by molar-refractivity contribution is -0.122. The Bertz CT molecular complexity index is 907. The number of benzene rings is 2. The van der Waals surface area contributed by atoms with E-state index in [-0.39, 0.29) is 17.7 Å². The Balaban J connectivity index is 1.35. The van der Waals surface area contributed by atoms with Gasteiger partial charge in [-0.2, -0.15) is 0 Å². The molecule has 1 saturated heterocycles. The fourth-order valence-electron chi connectivity index (χ4n) is 4.04. The summed E-state index contributed by atoms with van der Waals surface area (Å²) in [7, 11) is 0. The first-order valence-corrected chi connectivity index (χ1v) is 10.4. The minimum Gasteiger partial charge on any atom is -0.472 e. The molecule has 30 heavy (non-hydrogen) atoms. The van der Waals surface area contributed by atoms with Gasteiger partial charge in [-0.3, -0.25) is 9.59 Å². The highest BCUT2D eigenvalue weighted by molar-refractivity contribution is 5.93. The molecule has 154 valence electrons. The number of carbonyl (C=O) groups excluding carboxylic acids is 2. The highest BCUT2D eigenvalue weighted by atomic mass is 16.3. The second-order valence-electron chi connectivity index (χ2n) is 7.75. The average Bonchev–Trinajstić information content (AvgIpc) is 3.34. The van der Waals surface area contributed by atoms with Crippen LogP contribution >= 0.6 is 0 Å². The van der Waals surface area contributed by atoms with Crippen molar-refractivity contribution < 1.29 is 14.0 Å². The number of hydrogen-bond acceptors (Lipinski definition) is 3. The van der Waals surface area contributed by atoms with Gasteiger partial charge in [0.05, 0.1) is 17.7 Å². The predicted octanol–water partition coefficient (Wildman–Crippen LogP) is 4.08. The number of nitrogens with one attached hydrogen (secondary N) is 1. The summed E-state index contributed by atoms with van der Waals surface area (Å²) in [6, 6.07) is 21.5. The Morgan fingerprint density at radius 1 is 0.933 bits per heavy atom. The van der Waals surface area contributed by atoms with Gasteiger partial charge in [0.25, 0.3) is 5.91 Å². The summed E-state index contributed by atoms with van der Waals surface area (Å²) in [6.45, 7) is 2.03. The van der Waals surface area contributed by atoms with E-state index < -0.39 is 0 Å². The first kappa shape index (κ1) is 20.0. The lowest BCUT2D eigenvalue weighted by atomic mass is 9.90. The summed E-state index contributed by atoms with van der Waals surface area (Å²) in [5.74, 6) is 0.0773. The van der Waals surface area contributed by atoms with Crippen molar-refractivity contribution in [3.63, 3.8) is 0 Å². The van der Waals surface area contributed by atoms with Crippen LogP contribution in [0.25, 0.3) is 0 Å². The molecule has 1 N–H and O–H groups in total. The van der Waals surface area contributed by atoms with E-state index in [0.29, 0.717) is 31.1 Å². The van der Waals surface area contributed by atoms with Crippen LogP contribution in [0.5, 0.6) is 0 Å². The topological polar surface area (TPSA) is 62.6 Å². The molecule has 2 aromatic carbocycles. The van der Waals surface area contributed by atoms with E-state index in [0.717, 1.165) is 24.0 Å².